The smallest absolute Gasteiger partial charge is 0.242 e. The molecule has 2 rings (SSSR count). The summed E-state index contributed by atoms with van der Waals surface area (Å²) in [5.41, 5.74) is 0. The maximum absolute atomic E-state index is 12.0. The van der Waals surface area contributed by atoms with Gasteiger partial charge in [-0.2, -0.15) is 0 Å². The Morgan fingerprint density at radius 1 is 1.47 bits per heavy atom. The topological polar surface area (TPSA) is 59.1 Å². The Hall–Kier alpha value is -0.470. The minimum absolute atomic E-state index is 0.0926. The molecule has 0 fully saturated rings. The van der Waals surface area contributed by atoms with E-state index < -0.39 is 10.0 Å². The quantitative estimate of drug-likeness (QED) is 0.810. The van der Waals surface area contributed by atoms with Crippen molar-refractivity contribution >= 4 is 48.9 Å². The Morgan fingerprint density at radius 3 is 2.89 bits per heavy atom. The van der Waals surface area contributed by atoms with Crippen LogP contribution in [0.15, 0.2) is 39.1 Å². The van der Waals surface area contributed by atoms with E-state index in [4.69, 9.17) is 11.6 Å². The monoisotopic (exact) mass is 380 g/mol. The Kier molecular flexibility index (Phi) is 4.97. The van der Waals surface area contributed by atoms with Gasteiger partial charge in [-0.25, -0.2) is 18.1 Å². The summed E-state index contributed by atoms with van der Waals surface area (Å²) in [6.07, 6.45) is 1.90. The summed E-state index contributed by atoms with van der Waals surface area (Å²) in [6, 6.07) is 5.34. The SMILES string of the molecule is O=S(=O)(NCCc1cccs1)c1cnc(Cl)c(Br)c1. The predicted molar refractivity (Wildman–Crippen MR) is 80.2 cm³/mol. The van der Waals surface area contributed by atoms with Crippen molar-refractivity contribution in [2.24, 2.45) is 0 Å². The van der Waals surface area contributed by atoms with E-state index in [-0.39, 0.29) is 10.0 Å². The molecular formula is C11H10BrClN2O2S2. The molecule has 19 heavy (non-hydrogen) atoms. The Labute approximate surface area is 129 Å². The maximum atomic E-state index is 12.0. The van der Waals surface area contributed by atoms with Crippen molar-refractivity contribution in [1.82, 2.24) is 9.71 Å². The first-order valence-electron chi connectivity index (χ1n) is 5.32. The average Bonchev–Trinajstić information content (AvgIpc) is 2.85. The number of halogens is 2. The fourth-order valence-electron chi connectivity index (χ4n) is 1.40. The highest BCUT2D eigenvalue weighted by atomic mass is 79.9. The second-order valence-corrected chi connectivity index (χ2v) is 7.68. The number of nitrogens with one attached hydrogen (secondary N) is 1. The highest BCUT2D eigenvalue weighted by Gasteiger charge is 2.15. The number of aromatic nitrogens is 1. The summed E-state index contributed by atoms with van der Waals surface area (Å²) < 4.78 is 27.0. The van der Waals surface area contributed by atoms with Gasteiger partial charge in [0.15, 0.2) is 0 Å². The average molecular weight is 382 g/mol. The lowest BCUT2D eigenvalue weighted by Crippen LogP contribution is -2.26. The molecule has 0 aromatic carbocycles. The summed E-state index contributed by atoms with van der Waals surface area (Å²) in [5.74, 6) is 0. The number of pyridine rings is 1. The number of sulfonamides is 1. The Bertz CT molecular complexity index is 659. The minimum atomic E-state index is -3.55. The number of hydrogen-bond donors (Lipinski definition) is 1. The lowest BCUT2D eigenvalue weighted by atomic mass is 10.3. The number of hydrogen-bond acceptors (Lipinski definition) is 4. The largest absolute Gasteiger partial charge is 0.242 e. The van der Waals surface area contributed by atoms with Gasteiger partial charge in [0.1, 0.15) is 10.0 Å². The normalized spacial score (nSPS) is 11.7. The molecule has 0 bridgehead atoms. The molecule has 0 aliphatic rings. The lowest BCUT2D eigenvalue weighted by Gasteiger charge is -2.06. The molecule has 0 radical (unpaired) electrons. The Balaban J connectivity index is 2.03. The van der Waals surface area contributed by atoms with E-state index in [9.17, 15) is 8.42 Å². The molecule has 8 heteroatoms. The van der Waals surface area contributed by atoms with Gasteiger partial charge in [0.25, 0.3) is 0 Å². The third kappa shape index (κ3) is 4.00. The molecule has 1 N–H and O–H groups in total. The van der Waals surface area contributed by atoms with Gasteiger partial charge in [-0.3, -0.25) is 0 Å². The zero-order valence-corrected chi connectivity index (χ0v) is 13.6. The van der Waals surface area contributed by atoms with Crippen LogP contribution in [0.1, 0.15) is 4.88 Å². The Morgan fingerprint density at radius 2 is 2.26 bits per heavy atom. The molecule has 0 aliphatic heterocycles. The first-order valence-corrected chi connectivity index (χ1v) is 8.85. The van der Waals surface area contributed by atoms with Gasteiger partial charge in [0, 0.05) is 17.6 Å². The van der Waals surface area contributed by atoms with Crippen molar-refractivity contribution in [2.75, 3.05) is 6.54 Å². The van der Waals surface area contributed by atoms with E-state index in [0.717, 1.165) is 4.88 Å². The standard InChI is InChI=1S/C11H10BrClN2O2S2/c12-10-6-9(7-14-11(10)13)19(16,17)15-4-3-8-2-1-5-18-8/h1-2,5-7,15H,3-4H2. The molecule has 0 saturated carbocycles. The zero-order valence-electron chi connectivity index (χ0n) is 9.64. The van der Waals surface area contributed by atoms with Gasteiger partial charge in [0.2, 0.25) is 10.0 Å². The molecule has 0 saturated heterocycles. The first kappa shape index (κ1) is 14.9. The molecule has 0 aliphatic carbocycles. The zero-order chi connectivity index (χ0) is 13.9. The number of thiophene rings is 1. The predicted octanol–water partition coefficient (Wildman–Crippen LogP) is 3.08. The summed E-state index contributed by atoms with van der Waals surface area (Å²) in [4.78, 5) is 5.03. The highest BCUT2D eigenvalue weighted by Crippen LogP contribution is 2.22. The van der Waals surface area contributed by atoms with Gasteiger partial charge < -0.3 is 0 Å². The molecule has 2 aromatic heterocycles. The van der Waals surface area contributed by atoms with Crippen LogP contribution in [0.4, 0.5) is 0 Å². The second kappa shape index (κ2) is 6.32. The lowest BCUT2D eigenvalue weighted by molar-refractivity contribution is 0.581. The third-order valence-electron chi connectivity index (χ3n) is 2.33. The molecular weight excluding hydrogens is 372 g/mol. The van der Waals surface area contributed by atoms with Crippen molar-refractivity contribution in [1.29, 1.82) is 0 Å². The fraction of sp³-hybridized carbons (Fsp3) is 0.182. The molecule has 0 atom stereocenters. The van der Waals surface area contributed by atoms with Crippen molar-refractivity contribution in [3.63, 3.8) is 0 Å². The molecule has 102 valence electrons. The van der Waals surface area contributed by atoms with Crippen LogP contribution in [0.2, 0.25) is 5.15 Å². The first-order chi connectivity index (χ1) is 8.99. The van der Waals surface area contributed by atoms with Gasteiger partial charge in [-0.1, -0.05) is 17.7 Å². The van der Waals surface area contributed by atoms with Crippen LogP contribution in [-0.4, -0.2) is 19.9 Å². The van der Waals surface area contributed by atoms with E-state index >= 15 is 0 Å². The van der Waals surface area contributed by atoms with E-state index in [1.165, 1.54) is 12.3 Å². The summed E-state index contributed by atoms with van der Waals surface area (Å²) in [6.45, 7) is 0.350. The van der Waals surface area contributed by atoms with Crippen LogP contribution in [0, 0.1) is 0 Å². The fourth-order valence-corrected chi connectivity index (χ4v) is 3.71. The third-order valence-corrected chi connectivity index (χ3v) is 5.82. The van der Waals surface area contributed by atoms with E-state index in [2.05, 4.69) is 25.6 Å². The molecule has 0 spiro atoms. The molecule has 2 aromatic rings. The van der Waals surface area contributed by atoms with Crippen molar-refractivity contribution in [2.45, 2.75) is 11.3 Å². The van der Waals surface area contributed by atoms with Crippen LogP contribution < -0.4 is 4.72 Å². The molecule has 0 unspecified atom stereocenters. The van der Waals surface area contributed by atoms with Crippen LogP contribution in [0.3, 0.4) is 0 Å². The number of rotatable bonds is 5. The molecule has 4 nitrogen and oxygen atoms in total. The van der Waals surface area contributed by atoms with Crippen LogP contribution >= 0.6 is 38.9 Å². The minimum Gasteiger partial charge on any atom is -0.242 e. The summed E-state index contributed by atoms with van der Waals surface area (Å²) in [5, 5.41) is 2.20. The van der Waals surface area contributed by atoms with E-state index in [1.54, 1.807) is 11.3 Å². The van der Waals surface area contributed by atoms with Crippen molar-refractivity contribution in [3.05, 3.63) is 44.3 Å². The van der Waals surface area contributed by atoms with Crippen LogP contribution in [0.25, 0.3) is 0 Å². The van der Waals surface area contributed by atoms with Gasteiger partial charge in [-0.05, 0) is 39.9 Å². The number of nitrogens with zero attached hydrogens (tertiary/aromatic N) is 1. The van der Waals surface area contributed by atoms with Gasteiger partial charge in [-0.15, -0.1) is 11.3 Å². The summed E-state index contributed by atoms with van der Waals surface area (Å²) >= 11 is 10.5. The van der Waals surface area contributed by atoms with Crippen LogP contribution in [-0.2, 0) is 16.4 Å². The maximum Gasteiger partial charge on any atom is 0.242 e. The van der Waals surface area contributed by atoms with Gasteiger partial charge in [0.05, 0.1) is 4.47 Å². The second-order valence-electron chi connectivity index (χ2n) is 3.67. The van der Waals surface area contributed by atoms with Crippen molar-refractivity contribution in [3.8, 4) is 0 Å². The molecule has 0 amide bonds. The van der Waals surface area contributed by atoms with E-state index in [1.807, 2.05) is 17.5 Å². The van der Waals surface area contributed by atoms with Gasteiger partial charge >= 0.3 is 0 Å². The van der Waals surface area contributed by atoms with Crippen LogP contribution in [0.5, 0.6) is 0 Å². The highest BCUT2D eigenvalue weighted by molar-refractivity contribution is 9.10. The summed E-state index contributed by atoms with van der Waals surface area (Å²) in [7, 11) is -3.55. The molecule has 2 heterocycles. The van der Waals surface area contributed by atoms with Crippen molar-refractivity contribution < 1.29 is 8.42 Å². The van der Waals surface area contributed by atoms with E-state index in [0.29, 0.717) is 17.4 Å².